The second-order valence-electron chi connectivity index (χ2n) is 6.10. The molecule has 7 nitrogen and oxygen atoms in total. The van der Waals surface area contributed by atoms with E-state index >= 15 is 0 Å². The van der Waals surface area contributed by atoms with Crippen LogP contribution in [-0.2, 0) is 26.3 Å². The maximum absolute atomic E-state index is 13.0. The van der Waals surface area contributed by atoms with E-state index in [-0.39, 0.29) is 18.0 Å². The van der Waals surface area contributed by atoms with Gasteiger partial charge in [0.15, 0.2) is 17.4 Å². The number of nitrogens with one attached hydrogen (secondary N) is 2. The van der Waals surface area contributed by atoms with E-state index in [9.17, 15) is 13.2 Å². The van der Waals surface area contributed by atoms with Crippen molar-refractivity contribution in [1.82, 2.24) is 25.6 Å². The second kappa shape index (κ2) is 8.24. The SMILES string of the molecule is CCNC(=NCc1cn(C)nc1C(F)(F)F)NCc1cc(C(C)C)no1. The highest BCUT2D eigenvalue weighted by Crippen LogP contribution is 2.30. The summed E-state index contributed by atoms with van der Waals surface area (Å²) in [6, 6.07) is 1.84. The van der Waals surface area contributed by atoms with Crippen LogP contribution in [0.15, 0.2) is 21.8 Å². The fourth-order valence-electron chi connectivity index (χ4n) is 2.25. The Balaban J connectivity index is 2.07. The first kappa shape index (κ1) is 19.8. The highest BCUT2D eigenvalue weighted by Gasteiger charge is 2.36. The average Bonchev–Trinajstić information content (AvgIpc) is 3.16. The summed E-state index contributed by atoms with van der Waals surface area (Å²) in [5.74, 6) is 1.25. The molecule has 0 aliphatic rings. The molecule has 2 N–H and O–H groups in total. The molecule has 0 aliphatic heterocycles. The summed E-state index contributed by atoms with van der Waals surface area (Å²) in [6.07, 6.45) is -3.19. The van der Waals surface area contributed by atoms with Crippen LogP contribution in [-0.4, -0.2) is 27.4 Å². The van der Waals surface area contributed by atoms with Gasteiger partial charge < -0.3 is 15.2 Å². The lowest BCUT2D eigenvalue weighted by molar-refractivity contribution is -0.142. The second-order valence-corrected chi connectivity index (χ2v) is 6.10. The van der Waals surface area contributed by atoms with Gasteiger partial charge in [-0.15, -0.1) is 0 Å². The predicted molar refractivity (Wildman–Crippen MR) is 90.5 cm³/mol. The third kappa shape index (κ3) is 5.24. The van der Waals surface area contributed by atoms with Gasteiger partial charge in [0.05, 0.1) is 18.8 Å². The molecule has 2 aromatic rings. The Bertz CT molecular complexity index is 747. The minimum absolute atomic E-state index is 0.0129. The Kier molecular flexibility index (Phi) is 6.27. The number of aromatic nitrogens is 3. The summed E-state index contributed by atoms with van der Waals surface area (Å²) in [5, 5.41) is 13.4. The Hall–Kier alpha value is -2.52. The first-order valence-electron chi connectivity index (χ1n) is 8.28. The fraction of sp³-hybridized carbons (Fsp3) is 0.562. The van der Waals surface area contributed by atoms with Crippen molar-refractivity contribution >= 4 is 5.96 Å². The van der Waals surface area contributed by atoms with Gasteiger partial charge in [-0.25, -0.2) is 4.99 Å². The van der Waals surface area contributed by atoms with Crippen molar-refractivity contribution in [1.29, 1.82) is 0 Å². The number of guanidine groups is 1. The van der Waals surface area contributed by atoms with Gasteiger partial charge in [0.2, 0.25) is 0 Å². The normalized spacial score (nSPS) is 12.7. The Labute approximate surface area is 149 Å². The molecule has 2 aromatic heterocycles. The molecule has 0 unspecified atom stereocenters. The quantitative estimate of drug-likeness (QED) is 0.602. The van der Waals surface area contributed by atoms with Crippen molar-refractivity contribution in [3.63, 3.8) is 0 Å². The van der Waals surface area contributed by atoms with Crippen LogP contribution in [0, 0.1) is 0 Å². The summed E-state index contributed by atoms with van der Waals surface area (Å²) >= 11 is 0. The van der Waals surface area contributed by atoms with Crippen LogP contribution < -0.4 is 10.6 Å². The van der Waals surface area contributed by atoms with Crippen LogP contribution in [0.1, 0.15) is 49.4 Å². The van der Waals surface area contributed by atoms with Crippen LogP contribution in [0.4, 0.5) is 13.2 Å². The third-order valence-electron chi connectivity index (χ3n) is 3.52. The van der Waals surface area contributed by atoms with Crippen molar-refractivity contribution in [2.75, 3.05) is 6.54 Å². The molecule has 2 heterocycles. The van der Waals surface area contributed by atoms with E-state index in [0.29, 0.717) is 24.8 Å². The first-order chi connectivity index (χ1) is 12.2. The van der Waals surface area contributed by atoms with Crippen molar-refractivity contribution in [3.05, 3.63) is 35.0 Å². The molecule has 2 rings (SSSR count). The molecule has 0 aliphatic carbocycles. The largest absolute Gasteiger partial charge is 0.435 e. The van der Waals surface area contributed by atoms with Crippen LogP contribution in [0.25, 0.3) is 0 Å². The van der Waals surface area contributed by atoms with Gasteiger partial charge in [0.25, 0.3) is 0 Å². The number of aliphatic imine (C=N–C) groups is 1. The summed E-state index contributed by atoms with van der Waals surface area (Å²) in [4.78, 5) is 4.21. The molecule has 0 bridgehead atoms. The van der Waals surface area contributed by atoms with Gasteiger partial charge in [0, 0.05) is 31.4 Å². The van der Waals surface area contributed by atoms with Crippen LogP contribution in [0.3, 0.4) is 0 Å². The highest BCUT2D eigenvalue weighted by molar-refractivity contribution is 5.79. The lowest BCUT2D eigenvalue weighted by Crippen LogP contribution is -2.36. The minimum Gasteiger partial charge on any atom is -0.359 e. The summed E-state index contributed by atoms with van der Waals surface area (Å²) in [6.45, 7) is 6.63. The predicted octanol–water partition coefficient (Wildman–Crippen LogP) is 2.81. The molecule has 0 saturated carbocycles. The maximum atomic E-state index is 13.0. The van der Waals surface area contributed by atoms with Crippen molar-refractivity contribution in [2.24, 2.45) is 12.0 Å². The molecule has 0 saturated heterocycles. The summed E-state index contributed by atoms with van der Waals surface area (Å²) < 4.78 is 45.4. The van der Waals surface area contributed by atoms with Crippen LogP contribution in [0.2, 0.25) is 0 Å². The molecule has 0 spiro atoms. The zero-order valence-corrected chi connectivity index (χ0v) is 15.2. The lowest BCUT2D eigenvalue weighted by Gasteiger charge is -2.10. The molecule has 10 heteroatoms. The Morgan fingerprint density at radius 2 is 2.08 bits per heavy atom. The van der Waals surface area contributed by atoms with Gasteiger partial charge in [-0.2, -0.15) is 18.3 Å². The van der Waals surface area contributed by atoms with E-state index in [4.69, 9.17) is 4.52 Å². The van der Waals surface area contributed by atoms with Crippen molar-refractivity contribution in [2.45, 2.75) is 46.0 Å². The first-order valence-corrected chi connectivity index (χ1v) is 8.28. The standard InChI is InChI=1S/C16H23F3N6O/c1-5-20-15(22-8-12-6-13(10(2)3)24-26-12)21-7-11-9-25(4)23-14(11)16(17,18)19/h6,9-10H,5,7-8H2,1-4H3,(H2,20,21,22). The van der Waals surface area contributed by atoms with Gasteiger partial charge in [-0.3, -0.25) is 4.68 Å². The molecule has 144 valence electrons. The van der Waals surface area contributed by atoms with Crippen LogP contribution in [0.5, 0.6) is 0 Å². The molecular formula is C16H23F3N6O. The van der Waals surface area contributed by atoms with E-state index in [1.54, 1.807) is 0 Å². The highest BCUT2D eigenvalue weighted by atomic mass is 19.4. The van der Waals surface area contributed by atoms with E-state index in [0.717, 1.165) is 10.4 Å². The number of hydrogen-bond donors (Lipinski definition) is 2. The van der Waals surface area contributed by atoms with E-state index in [2.05, 4.69) is 25.9 Å². The number of aryl methyl sites for hydroxylation is 1. The molecule has 0 atom stereocenters. The fourth-order valence-corrected chi connectivity index (χ4v) is 2.25. The number of rotatable bonds is 6. The average molecular weight is 372 g/mol. The molecule has 0 aromatic carbocycles. The lowest BCUT2D eigenvalue weighted by atomic mass is 10.1. The third-order valence-corrected chi connectivity index (χ3v) is 3.52. The number of hydrogen-bond acceptors (Lipinski definition) is 4. The van der Waals surface area contributed by atoms with Crippen LogP contribution >= 0.6 is 0 Å². The number of halogens is 3. The topological polar surface area (TPSA) is 80.3 Å². The molecule has 0 fully saturated rings. The molecular weight excluding hydrogens is 349 g/mol. The van der Waals surface area contributed by atoms with Crippen molar-refractivity contribution < 1.29 is 17.7 Å². The van der Waals surface area contributed by atoms with E-state index in [1.807, 2.05) is 26.8 Å². The van der Waals surface area contributed by atoms with E-state index in [1.165, 1.54) is 13.2 Å². The van der Waals surface area contributed by atoms with Gasteiger partial charge in [-0.05, 0) is 12.8 Å². The Morgan fingerprint density at radius 1 is 1.35 bits per heavy atom. The molecule has 26 heavy (non-hydrogen) atoms. The molecule has 0 radical (unpaired) electrons. The summed E-state index contributed by atoms with van der Waals surface area (Å²) in [7, 11) is 1.45. The monoisotopic (exact) mass is 372 g/mol. The van der Waals surface area contributed by atoms with Crippen molar-refractivity contribution in [3.8, 4) is 0 Å². The zero-order chi connectivity index (χ0) is 19.3. The smallest absolute Gasteiger partial charge is 0.359 e. The summed E-state index contributed by atoms with van der Waals surface area (Å²) in [5.41, 5.74) is -0.0655. The van der Waals surface area contributed by atoms with Gasteiger partial charge in [-0.1, -0.05) is 19.0 Å². The minimum atomic E-state index is -4.51. The van der Waals surface area contributed by atoms with Gasteiger partial charge in [0.1, 0.15) is 0 Å². The van der Waals surface area contributed by atoms with Gasteiger partial charge >= 0.3 is 6.18 Å². The number of nitrogens with zero attached hydrogens (tertiary/aromatic N) is 4. The maximum Gasteiger partial charge on any atom is 0.435 e. The number of alkyl halides is 3. The molecule has 0 amide bonds. The Morgan fingerprint density at radius 3 is 2.65 bits per heavy atom. The van der Waals surface area contributed by atoms with E-state index < -0.39 is 11.9 Å². The zero-order valence-electron chi connectivity index (χ0n) is 15.2.